The SMILES string of the molecule is Cn1c(C(C)(C)C)c/c(=N\C(=O)c2cccc(Br)c2F)n1C[C@H]1CCCO1. The first-order chi connectivity index (χ1) is 12.7. The van der Waals surface area contributed by atoms with Gasteiger partial charge in [0.15, 0.2) is 5.49 Å². The Hall–Kier alpha value is -1.73. The van der Waals surface area contributed by atoms with Crippen LogP contribution in [0.4, 0.5) is 4.39 Å². The van der Waals surface area contributed by atoms with E-state index in [0.29, 0.717) is 12.0 Å². The van der Waals surface area contributed by atoms with E-state index in [0.717, 1.165) is 25.1 Å². The van der Waals surface area contributed by atoms with Crippen molar-refractivity contribution < 1.29 is 13.9 Å². The Labute approximate surface area is 167 Å². The number of hydrogen-bond acceptors (Lipinski definition) is 2. The highest BCUT2D eigenvalue weighted by Crippen LogP contribution is 2.22. The maximum atomic E-state index is 14.3. The molecular weight excluding hydrogens is 413 g/mol. The number of aromatic nitrogens is 2. The summed E-state index contributed by atoms with van der Waals surface area (Å²) in [6.45, 7) is 7.70. The minimum absolute atomic E-state index is 0.0470. The Morgan fingerprint density at radius 1 is 1.41 bits per heavy atom. The fourth-order valence-electron chi connectivity index (χ4n) is 3.40. The molecule has 146 valence electrons. The Morgan fingerprint density at radius 3 is 2.78 bits per heavy atom. The molecule has 0 saturated carbocycles. The third kappa shape index (κ3) is 4.24. The summed E-state index contributed by atoms with van der Waals surface area (Å²) in [5.41, 5.74) is 1.39. The van der Waals surface area contributed by atoms with Crippen molar-refractivity contribution in [3.63, 3.8) is 0 Å². The molecule has 0 spiro atoms. The first-order valence-corrected chi connectivity index (χ1v) is 9.90. The van der Waals surface area contributed by atoms with Gasteiger partial charge in [0.05, 0.1) is 22.7 Å². The second kappa shape index (κ2) is 7.72. The summed E-state index contributed by atoms with van der Waals surface area (Å²) >= 11 is 3.12. The lowest BCUT2D eigenvalue weighted by atomic mass is 9.92. The van der Waals surface area contributed by atoms with Crippen molar-refractivity contribution in [2.24, 2.45) is 12.0 Å². The van der Waals surface area contributed by atoms with Gasteiger partial charge in [0.2, 0.25) is 0 Å². The summed E-state index contributed by atoms with van der Waals surface area (Å²) in [5, 5.41) is 0. The largest absolute Gasteiger partial charge is 0.376 e. The number of rotatable bonds is 3. The molecule has 7 heteroatoms. The van der Waals surface area contributed by atoms with E-state index in [4.69, 9.17) is 4.74 Å². The molecule has 0 bridgehead atoms. The van der Waals surface area contributed by atoms with Crippen LogP contribution >= 0.6 is 15.9 Å². The molecule has 1 atom stereocenters. The topological polar surface area (TPSA) is 48.5 Å². The Balaban J connectivity index is 2.08. The molecule has 3 rings (SSSR count). The predicted molar refractivity (Wildman–Crippen MR) is 105 cm³/mol. The summed E-state index contributed by atoms with van der Waals surface area (Å²) in [4.78, 5) is 16.9. The van der Waals surface area contributed by atoms with Crippen LogP contribution in [0.5, 0.6) is 0 Å². The second-order valence-corrected chi connectivity index (χ2v) is 8.75. The number of benzene rings is 1. The van der Waals surface area contributed by atoms with Crippen LogP contribution in [-0.2, 0) is 23.7 Å². The lowest BCUT2D eigenvalue weighted by molar-refractivity contribution is 0.0885. The van der Waals surface area contributed by atoms with Gasteiger partial charge in [-0.15, -0.1) is 0 Å². The fraction of sp³-hybridized carbons (Fsp3) is 0.500. The second-order valence-electron chi connectivity index (χ2n) is 7.90. The van der Waals surface area contributed by atoms with Gasteiger partial charge >= 0.3 is 0 Å². The molecule has 1 aromatic heterocycles. The lowest BCUT2D eigenvalue weighted by Crippen LogP contribution is -2.30. The summed E-state index contributed by atoms with van der Waals surface area (Å²) in [5.74, 6) is -1.19. The number of amides is 1. The highest BCUT2D eigenvalue weighted by molar-refractivity contribution is 9.10. The highest BCUT2D eigenvalue weighted by atomic mass is 79.9. The minimum atomic E-state index is -0.596. The first kappa shape index (κ1) is 20.0. The maximum absolute atomic E-state index is 14.3. The summed E-state index contributed by atoms with van der Waals surface area (Å²) in [6.07, 6.45) is 2.12. The van der Waals surface area contributed by atoms with Crippen LogP contribution in [0, 0.1) is 5.82 Å². The molecule has 1 fully saturated rings. The average Bonchev–Trinajstić information content (AvgIpc) is 3.20. The molecule has 1 aliphatic rings. The lowest BCUT2D eigenvalue weighted by Gasteiger charge is -2.21. The average molecular weight is 438 g/mol. The van der Waals surface area contributed by atoms with Gasteiger partial charge in [-0.25, -0.2) is 4.39 Å². The number of ether oxygens (including phenoxy) is 1. The number of nitrogens with zero attached hydrogens (tertiary/aromatic N) is 3. The molecule has 1 saturated heterocycles. The zero-order chi connectivity index (χ0) is 19.8. The van der Waals surface area contributed by atoms with Crippen molar-refractivity contribution in [3.05, 3.63) is 51.3 Å². The Bertz CT molecular complexity index is 918. The van der Waals surface area contributed by atoms with E-state index < -0.39 is 11.7 Å². The molecule has 1 aromatic carbocycles. The summed E-state index contributed by atoms with van der Waals surface area (Å²) in [7, 11) is 1.96. The monoisotopic (exact) mass is 437 g/mol. The van der Waals surface area contributed by atoms with Crippen LogP contribution in [0.3, 0.4) is 0 Å². The molecule has 5 nitrogen and oxygen atoms in total. The highest BCUT2D eigenvalue weighted by Gasteiger charge is 2.24. The third-order valence-corrected chi connectivity index (χ3v) is 5.42. The molecule has 2 heterocycles. The van der Waals surface area contributed by atoms with E-state index in [9.17, 15) is 9.18 Å². The van der Waals surface area contributed by atoms with Gasteiger partial charge in [-0.2, -0.15) is 4.99 Å². The van der Waals surface area contributed by atoms with Crippen molar-refractivity contribution in [1.29, 1.82) is 0 Å². The van der Waals surface area contributed by atoms with E-state index >= 15 is 0 Å². The molecule has 2 aromatic rings. The van der Waals surface area contributed by atoms with Gasteiger partial charge in [-0.1, -0.05) is 26.8 Å². The molecule has 27 heavy (non-hydrogen) atoms. The van der Waals surface area contributed by atoms with Crippen LogP contribution in [-0.4, -0.2) is 28.0 Å². The van der Waals surface area contributed by atoms with Gasteiger partial charge in [0.25, 0.3) is 5.91 Å². The minimum Gasteiger partial charge on any atom is -0.376 e. The van der Waals surface area contributed by atoms with Crippen LogP contribution < -0.4 is 5.49 Å². The van der Waals surface area contributed by atoms with E-state index in [1.54, 1.807) is 12.1 Å². The van der Waals surface area contributed by atoms with Crippen LogP contribution in [0.2, 0.25) is 0 Å². The predicted octanol–water partition coefficient (Wildman–Crippen LogP) is 3.95. The van der Waals surface area contributed by atoms with E-state index in [1.807, 2.05) is 22.5 Å². The van der Waals surface area contributed by atoms with Crippen LogP contribution in [0.25, 0.3) is 0 Å². The fourth-order valence-corrected chi connectivity index (χ4v) is 3.76. The molecule has 0 radical (unpaired) electrons. The van der Waals surface area contributed by atoms with Crippen molar-refractivity contribution >= 4 is 21.8 Å². The van der Waals surface area contributed by atoms with Crippen LogP contribution in [0.1, 0.15) is 49.7 Å². The Morgan fingerprint density at radius 2 is 2.15 bits per heavy atom. The maximum Gasteiger partial charge on any atom is 0.282 e. The van der Waals surface area contributed by atoms with Gasteiger partial charge in [0.1, 0.15) is 5.82 Å². The molecule has 1 amide bonds. The summed E-state index contributed by atoms with van der Waals surface area (Å²) < 4.78 is 24.3. The van der Waals surface area contributed by atoms with E-state index in [2.05, 4.69) is 41.7 Å². The normalized spacial score (nSPS) is 18.3. The van der Waals surface area contributed by atoms with Crippen molar-refractivity contribution in [2.45, 2.75) is 51.7 Å². The molecule has 0 aliphatic carbocycles. The first-order valence-electron chi connectivity index (χ1n) is 9.10. The quantitative estimate of drug-likeness (QED) is 0.729. The van der Waals surface area contributed by atoms with Gasteiger partial charge in [-0.3, -0.25) is 14.2 Å². The van der Waals surface area contributed by atoms with Crippen LogP contribution in [0.15, 0.2) is 33.7 Å². The van der Waals surface area contributed by atoms with Crippen molar-refractivity contribution in [2.75, 3.05) is 6.61 Å². The number of carbonyl (C=O) groups is 1. The van der Waals surface area contributed by atoms with Gasteiger partial charge in [0, 0.05) is 30.8 Å². The van der Waals surface area contributed by atoms with Crippen molar-refractivity contribution in [3.8, 4) is 0 Å². The number of halogens is 2. The zero-order valence-electron chi connectivity index (χ0n) is 16.1. The standard InChI is InChI=1S/C20H25BrFN3O2/c1-20(2,3)16-11-17(25(24(16)4)12-13-7-6-10-27-13)23-19(26)14-8-5-9-15(21)18(14)22/h5,8-9,11,13H,6-7,10,12H2,1-4H3/b23-17+/t13-/m1/s1. The van der Waals surface area contributed by atoms with Crippen molar-refractivity contribution in [1.82, 2.24) is 9.36 Å². The molecular formula is C20H25BrFN3O2. The summed E-state index contributed by atoms with van der Waals surface area (Å²) in [6, 6.07) is 6.54. The zero-order valence-corrected chi connectivity index (χ0v) is 17.7. The number of carbonyl (C=O) groups excluding carboxylic acids is 1. The Kier molecular flexibility index (Phi) is 5.72. The van der Waals surface area contributed by atoms with E-state index in [1.165, 1.54) is 6.07 Å². The van der Waals surface area contributed by atoms with E-state index in [-0.39, 0.29) is 21.6 Å². The van der Waals surface area contributed by atoms with Gasteiger partial charge < -0.3 is 4.74 Å². The third-order valence-electron chi connectivity index (χ3n) is 4.81. The molecule has 1 aliphatic heterocycles. The van der Waals surface area contributed by atoms with Gasteiger partial charge in [-0.05, 0) is 40.9 Å². The molecule has 0 N–H and O–H groups in total. The smallest absolute Gasteiger partial charge is 0.282 e. The molecule has 0 unspecified atom stereocenters. The number of hydrogen-bond donors (Lipinski definition) is 0.